The molecule has 1 aromatic heterocycles. The van der Waals surface area contributed by atoms with Gasteiger partial charge in [-0.3, -0.25) is 9.48 Å². The number of carbonyl (C=O) groups is 1. The van der Waals surface area contributed by atoms with Crippen molar-refractivity contribution in [1.82, 2.24) is 9.78 Å². The zero-order chi connectivity index (χ0) is 14.7. The van der Waals surface area contributed by atoms with Gasteiger partial charge in [-0.1, -0.05) is 11.6 Å². The molecule has 0 atom stereocenters. The third kappa shape index (κ3) is 2.96. The average Bonchev–Trinajstić information content (AvgIpc) is 2.79. The van der Waals surface area contributed by atoms with E-state index in [2.05, 4.69) is 9.84 Å². The van der Waals surface area contributed by atoms with Gasteiger partial charge in [0.05, 0.1) is 11.2 Å². The van der Waals surface area contributed by atoms with Crippen molar-refractivity contribution in [3.63, 3.8) is 0 Å². The van der Waals surface area contributed by atoms with Crippen molar-refractivity contribution in [2.24, 2.45) is 0 Å². The number of hydrogen-bond donors (Lipinski definition) is 0. The highest BCUT2D eigenvalue weighted by Crippen LogP contribution is 2.21. The summed E-state index contributed by atoms with van der Waals surface area (Å²) in [5.41, 5.74) is 0.598. The van der Waals surface area contributed by atoms with Crippen molar-refractivity contribution in [3.8, 4) is 5.75 Å². The first-order chi connectivity index (χ1) is 9.52. The maximum Gasteiger partial charge on any atom is 0.387 e. The number of ketones is 1. The molecule has 0 aliphatic heterocycles. The SMILES string of the molecule is CCn1ncc(Cl)c1C(=O)c1ccc(OC(F)F)cc1. The average molecular weight is 301 g/mol. The molecule has 0 radical (unpaired) electrons. The monoisotopic (exact) mass is 300 g/mol. The van der Waals surface area contributed by atoms with Gasteiger partial charge in [-0.2, -0.15) is 13.9 Å². The zero-order valence-electron chi connectivity index (χ0n) is 10.5. The highest BCUT2D eigenvalue weighted by Gasteiger charge is 2.18. The van der Waals surface area contributed by atoms with Crippen molar-refractivity contribution in [3.05, 3.63) is 46.7 Å². The second-order valence-electron chi connectivity index (χ2n) is 3.89. The Morgan fingerprint density at radius 1 is 1.40 bits per heavy atom. The Bertz CT molecular complexity index is 611. The fourth-order valence-corrected chi connectivity index (χ4v) is 1.98. The second-order valence-corrected chi connectivity index (χ2v) is 4.30. The van der Waals surface area contributed by atoms with Gasteiger partial charge in [0, 0.05) is 12.1 Å². The summed E-state index contributed by atoms with van der Waals surface area (Å²) in [6.07, 6.45) is 1.40. The fraction of sp³-hybridized carbons (Fsp3) is 0.231. The molecular formula is C13H11ClF2N2O2. The highest BCUT2D eigenvalue weighted by molar-refractivity contribution is 6.34. The van der Waals surface area contributed by atoms with E-state index in [-0.39, 0.29) is 22.2 Å². The van der Waals surface area contributed by atoms with Gasteiger partial charge in [0.15, 0.2) is 0 Å². The largest absolute Gasteiger partial charge is 0.435 e. The van der Waals surface area contributed by atoms with E-state index in [1.165, 1.54) is 35.1 Å². The number of halogens is 3. The Labute approximate surface area is 118 Å². The van der Waals surface area contributed by atoms with Crippen LogP contribution in [0, 0.1) is 0 Å². The lowest BCUT2D eigenvalue weighted by Gasteiger charge is -2.07. The lowest BCUT2D eigenvalue weighted by molar-refractivity contribution is -0.0498. The van der Waals surface area contributed by atoms with E-state index in [1.807, 2.05) is 6.92 Å². The van der Waals surface area contributed by atoms with Crippen molar-refractivity contribution in [1.29, 1.82) is 0 Å². The molecular weight excluding hydrogens is 290 g/mol. The molecule has 0 N–H and O–H groups in total. The van der Waals surface area contributed by atoms with Crippen molar-refractivity contribution >= 4 is 17.4 Å². The van der Waals surface area contributed by atoms with Crippen molar-refractivity contribution < 1.29 is 18.3 Å². The van der Waals surface area contributed by atoms with Crippen LogP contribution in [0.1, 0.15) is 23.0 Å². The number of alkyl halides is 2. The Hall–Kier alpha value is -1.95. The third-order valence-electron chi connectivity index (χ3n) is 2.65. The molecule has 0 unspecified atom stereocenters. The van der Waals surface area contributed by atoms with E-state index < -0.39 is 6.61 Å². The van der Waals surface area contributed by atoms with Crippen LogP contribution in [-0.4, -0.2) is 22.2 Å². The lowest BCUT2D eigenvalue weighted by Crippen LogP contribution is -2.11. The first-order valence-corrected chi connectivity index (χ1v) is 6.21. The number of carbonyl (C=O) groups excluding carboxylic acids is 1. The smallest absolute Gasteiger partial charge is 0.387 e. The van der Waals surface area contributed by atoms with Crippen molar-refractivity contribution in [2.75, 3.05) is 0 Å². The van der Waals surface area contributed by atoms with E-state index in [0.29, 0.717) is 12.1 Å². The third-order valence-corrected chi connectivity index (χ3v) is 2.93. The van der Waals surface area contributed by atoms with Crippen LogP contribution in [0.2, 0.25) is 5.02 Å². The van der Waals surface area contributed by atoms with E-state index in [9.17, 15) is 13.6 Å². The molecule has 4 nitrogen and oxygen atoms in total. The summed E-state index contributed by atoms with van der Waals surface area (Å²) in [6.45, 7) is -0.562. The fourth-order valence-electron chi connectivity index (χ4n) is 1.75. The lowest BCUT2D eigenvalue weighted by atomic mass is 10.1. The summed E-state index contributed by atoms with van der Waals surface area (Å²) in [4.78, 5) is 12.3. The molecule has 1 aromatic carbocycles. The maximum absolute atomic E-state index is 12.3. The number of ether oxygens (including phenoxy) is 1. The number of aromatic nitrogens is 2. The van der Waals surface area contributed by atoms with Crippen LogP contribution >= 0.6 is 11.6 Å². The van der Waals surface area contributed by atoms with E-state index in [1.54, 1.807) is 0 Å². The van der Waals surface area contributed by atoms with Gasteiger partial charge in [0.25, 0.3) is 0 Å². The molecule has 0 saturated carbocycles. The molecule has 0 spiro atoms. The molecule has 0 bridgehead atoms. The van der Waals surface area contributed by atoms with Gasteiger partial charge in [-0.25, -0.2) is 0 Å². The molecule has 106 valence electrons. The normalized spacial score (nSPS) is 10.8. The molecule has 2 rings (SSSR count). The first-order valence-electron chi connectivity index (χ1n) is 5.83. The van der Waals surface area contributed by atoms with Crippen LogP contribution in [-0.2, 0) is 6.54 Å². The van der Waals surface area contributed by atoms with Crippen LogP contribution < -0.4 is 4.74 Å². The van der Waals surface area contributed by atoms with Crippen LogP contribution in [0.5, 0.6) is 5.75 Å². The number of nitrogens with zero attached hydrogens (tertiary/aromatic N) is 2. The molecule has 0 aliphatic rings. The van der Waals surface area contributed by atoms with E-state index in [4.69, 9.17) is 11.6 Å². The van der Waals surface area contributed by atoms with Gasteiger partial charge in [-0.05, 0) is 31.2 Å². The van der Waals surface area contributed by atoms with Crippen LogP contribution in [0.4, 0.5) is 8.78 Å². The maximum atomic E-state index is 12.3. The summed E-state index contributed by atoms with van der Waals surface area (Å²) in [6, 6.07) is 5.42. The number of aryl methyl sites for hydroxylation is 1. The molecule has 7 heteroatoms. The van der Waals surface area contributed by atoms with E-state index in [0.717, 1.165) is 0 Å². The minimum atomic E-state index is -2.90. The predicted octanol–water partition coefficient (Wildman–Crippen LogP) is 3.39. The first kappa shape index (κ1) is 14.5. The topological polar surface area (TPSA) is 44.1 Å². The van der Waals surface area contributed by atoms with Gasteiger partial charge < -0.3 is 4.74 Å². The molecule has 20 heavy (non-hydrogen) atoms. The quantitative estimate of drug-likeness (QED) is 0.795. The van der Waals surface area contributed by atoms with E-state index >= 15 is 0 Å². The minimum Gasteiger partial charge on any atom is -0.435 e. The zero-order valence-corrected chi connectivity index (χ0v) is 11.3. The van der Waals surface area contributed by atoms with Gasteiger partial charge in [0.2, 0.25) is 5.78 Å². The summed E-state index contributed by atoms with van der Waals surface area (Å²) in [5.74, 6) is -0.329. The molecule has 0 amide bonds. The second kappa shape index (κ2) is 6.00. The molecule has 1 heterocycles. The molecule has 2 aromatic rings. The number of benzene rings is 1. The molecule has 0 fully saturated rings. The standard InChI is InChI=1S/C13H11ClF2N2O2/c1-2-18-11(10(14)7-17-18)12(19)8-3-5-9(6-4-8)20-13(15)16/h3-7,13H,2H2,1H3. The Balaban J connectivity index is 2.27. The Morgan fingerprint density at radius 3 is 2.60 bits per heavy atom. The minimum absolute atomic E-state index is 0.00774. The predicted molar refractivity (Wildman–Crippen MR) is 69.4 cm³/mol. The van der Waals surface area contributed by atoms with Crippen LogP contribution in [0.3, 0.4) is 0 Å². The number of rotatable bonds is 5. The van der Waals surface area contributed by atoms with Crippen LogP contribution in [0.15, 0.2) is 30.5 Å². The van der Waals surface area contributed by atoms with Gasteiger partial charge in [0.1, 0.15) is 11.4 Å². The summed E-state index contributed by atoms with van der Waals surface area (Å²) in [7, 11) is 0. The Morgan fingerprint density at radius 2 is 2.05 bits per heavy atom. The molecule has 0 aliphatic carbocycles. The van der Waals surface area contributed by atoms with Crippen LogP contribution in [0.25, 0.3) is 0 Å². The summed E-state index contributed by atoms with van der Waals surface area (Å²) in [5, 5.41) is 4.23. The van der Waals surface area contributed by atoms with Gasteiger partial charge in [-0.15, -0.1) is 0 Å². The molecule has 0 saturated heterocycles. The highest BCUT2D eigenvalue weighted by atomic mass is 35.5. The van der Waals surface area contributed by atoms with Gasteiger partial charge >= 0.3 is 6.61 Å². The summed E-state index contributed by atoms with van der Waals surface area (Å²) < 4.78 is 29.8. The number of hydrogen-bond acceptors (Lipinski definition) is 3. The summed E-state index contributed by atoms with van der Waals surface area (Å²) >= 11 is 5.94. The Kier molecular flexibility index (Phi) is 4.34. The van der Waals surface area contributed by atoms with Crippen molar-refractivity contribution in [2.45, 2.75) is 20.1 Å².